The average molecular weight is 418 g/mol. The number of piperidine rings is 1. The van der Waals surface area contributed by atoms with Gasteiger partial charge in [0.05, 0.1) is 43.1 Å². The Morgan fingerprint density at radius 1 is 1.14 bits per heavy atom. The third-order valence-electron chi connectivity index (χ3n) is 6.30. The summed E-state index contributed by atoms with van der Waals surface area (Å²) in [5.41, 5.74) is 8.66. The van der Waals surface area contributed by atoms with Crippen molar-refractivity contribution < 1.29 is 9.13 Å². The molecule has 0 atom stereocenters. The molecule has 3 aliphatic rings. The molecule has 154 valence electrons. The van der Waals surface area contributed by atoms with Gasteiger partial charge in [0.25, 0.3) is 0 Å². The van der Waals surface area contributed by atoms with Crippen molar-refractivity contribution in [1.29, 1.82) is 0 Å². The first-order valence-corrected chi connectivity index (χ1v) is 10.6. The zero-order valence-corrected chi connectivity index (χ0v) is 17.0. The van der Waals surface area contributed by atoms with Crippen molar-refractivity contribution in [2.75, 3.05) is 50.0 Å². The summed E-state index contributed by atoms with van der Waals surface area (Å²) in [5.74, 6) is 1.60. The standard InChI is InChI=1S/C21H25ClFN5O/c22-18-5-15(8-25-21(18)24)19-6-14(7-20(26-19)28-9-16(23)10-28)13-1-3-27(4-2-13)17-11-29-12-17/h5-8,13,16-17H,1-4,9-12H2,(H2,24,25). The van der Waals surface area contributed by atoms with Crippen LogP contribution in [0.1, 0.15) is 24.3 Å². The Labute approximate surface area is 174 Å². The van der Waals surface area contributed by atoms with Crippen molar-refractivity contribution in [3.63, 3.8) is 0 Å². The summed E-state index contributed by atoms with van der Waals surface area (Å²) in [4.78, 5) is 13.5. The van der Waals surface area contributed by atoms with Crippen LogP contribution in [0, 0.1) is 0 Å². The summed E-state index contributed by atoms with van der Waals surface area (Å²) in [5, 5.41) is 0.417. The Morgan fingerprint density at radius 2 is 1.90 bits per heavy atom. The third-order valence-corrected chi connectivity index (χ3v) is 6.60. The zero-order chi connectivity index (χ0) is 20.0. The number of ether oxygens (including phenoxy) is 1. The number of pyridine rings is 2. The molecule has 6 nitrogen and oxygen atoms in total. The lowest BCUT2D eigenvalue weighted by atomic mass is 9.88. The highest BCUT2D eigenvalue weighted by Crippen LogP contribution is 2.35. The van der Waals surface area contributed by atoms with Gasteiger partial charge in [-0.05, 0) is 55.6 Å². The number of halogens is 2. The number of hydrogen-bond donors (Lipinski definition) is 1. The lowest BCUT2D eigenvalue weighted by molar-refractivity contribution is -0.0712. The molecule has 5 rings (SSSR count). The zero-order valence-electron chi connectivity index (χ0n) is 16.2. The van der Waals surface area contributed by atoms with Crippen molar-refractivity contribution >= 4 is 23.2 Å². The van der Waals surface area contributed by atoms with Gasteiger partial charge >= 0.3 is 0 Å². The van der Waals surface area contributed by atoms with Gasteiger partial charge in [-0.15, -0.1) is 0 Å². The number of nitrogens with two attached hydrogens (primary N) is 1. The van der Waals surface area contributed by atoms with Crippen molar-refractivity contribution in [3.05, 3.63) is 35.0 Å². The van der Waals surface area contributed by atoms with Gasteiger partial charge in [-0.2, -0.15) is 0 Å². The van der Waals surface area contributed by atoms with E-state index >= 15 is 0 Å². The van der Waals surface area contributed by atoms with Crippen molar-refractivity contribution in [2.24, 2.45) is 0 Å². The minimum absolute atomic E-state index is 0.308. The van der Waals surface area contributed by atoms with Gasteiger partial charge in [0.2, 0.25) is 0 Å². The van der Waals surface area contributed by atoms with Crippen LogP contribution >= 0.6 is 11.6 Å². The van der Waals surface area contributed by atoms with Gasteiger partial charge in [-0.3, -0.25) is 4.90 Å². The first kappa shape index (κ1) is 19.0. The summed E-state index contributed by atoms with van der Waals surface area (Å²) >= 11 is 6.19. The van der Waals surface area contributed by atoms with Gasteiger partial charge in [0.1, 0.15) is 17.8 Å². The number of hydrogen-bond acceptors (Lipinski definition) is 6. The average Bonchev–Trinajstić information content (AvgIpc) is 2.66. The first-order valence-electron chi connectivity index (χ1n) is 10.2. The Bertz CT molecular complexity index is 895. The minimum atomic E-state index is -0.774. The van der Waals surface area contributed by atoms with Crippen LogP contribution in [-0.4, -0.2) is 66.5 Å². The number of aromatic nitrogens is 2. The molecule has 0 aliphatic carbocycles. The highest BCUT2D eigenvalue weighted by Gasteiger charge is 2.32. The van der Waals surface area contributed by atoms with E-state index in [1.165, 1.54) is 5.56 Å². The normalized spacial score (nSPS) is 21.8. The number of alkyl halides is 1. The largest absolute Gasteiger partial charge is 0.382 e. The monoisotopic (exact) mass is 417 g/mol. The summed E-state index contributed by atoms with van der Waals surface area (Å²) in [6, 6.07) is 6.65. The van der Waals surface area contributed by atoms with Crippen LogP contribution in [0.2, 0.25) is 5.02 Å². The maximum atomic E-state index is 13.5. The summed E-state index contributed by atoms with van der Waals surface area (Å²) < 4.78 is 18.8. The summed E-state index contributed by atoms with van der Waals surface area (Å²) in [6.07, 6.45) is 3.13. The fourth-order valence-corrected chi connectivity index (χ4v) is 4.48. The molecule has 0 bridgehead atoms. The Kier molecular flexibility index (Phi) is 5.05. The molecule has 3 aliphatic heterocycles. The third kappa shape index (κ3) is 3.79. The predicted molar refractivity (Wildman–Crippen MR) is 112 cm³/mol. The van der Waals surface area contributed by atoms with Gasteiger partial charge < -0.3 is 15.4 Å². The highest BCUT2D eigenvalue weighted by molar-refractivity contribution is 6.33. The quantitative estimate of drug-likeness (QED) is 0.824. The first-order chi connectivity index (χ1) is 14.1. The van der Waals surface area contributed by atoms with Crippen molar-refractivity contribution in [1.82, 2.24) is 14.9 Å². The Balaban J connectivity index is 1.42. The van der Waals surface area contributed by atoms with Crippen LogP contribution in [0.25, 0.3) is 11.3 Å². The molecule has 0 aromatic carbocycles. The van der Waals surface area contributed by atoms with E-state index in [0.717, 1.165) is 56.2 Å². The molecule has 8 heteroatoms. The van der Waals surface area contributed by atoms with E-state index < -0.39 is 6.17 Å². The molecule has 0 saturated carbocycles. The molecular weight excluding hydrogens is 393 g/mol. The molecule has 3 saturated heterocycles. The Hall–Kier alpha value is -1.96. The molecule has 0 unspecified atom stereocenters. The fourth-order valence-electron chi connectivity index (χ4n) is 4.31. The van der Waals surface area contributed by atoms with Crippen LogP contribution in [0.3, 0.4) is 0 Å². The van der Waals surface area contributed by atoms with Crippen LogP contribution in [0.5, 0.6) is 0 Å². The molecule has 0 radical (unpaired) electrons. The number of nitrogens with zero attached hydrogens (tertiary/aromatic N) is 4. The predicted octanol–water partition coefficient (Wildman–Crippen LogP) is 3.12. The molecule has 5 heterocycles. The number of rotatable bonds is 4. The van der Waals surface area contributed by atoms with E-state index in [4.69, 9.17) is 27.1 Å². The molecule has 2 aromatic rings. The van der Waals surface area contributed by atoms with Crippen LogP contribution < -0.4 is 10.6 Å². The van der Waals surface area contributed by atoms with E-state index in [9.17, 15) is 4.39 Å². The Morgan fingerprint density at radius 3 is 2.52 bits per heavy atom. The van der Waals surface area contributed by atoms with Gasteiger partial charge in [-0.1, -0.05) is 11.6 Å². The lowest BCUT2D eigenvalue weighted by Crippen LogP contribution is -2.51. The lowest BCUT2D eigenvalue weighted by Gasteiger charge is -2.41. The molecular formula is C21H25ClFN5O. The smallest absolute Gasteiger partial charge is 0.142 e. The van der Waals surface area contributed by atoms with E-state index in [2.05, 4.69) is 22.0 Å². The second-order valence-electron chi connectivity index (χ2n) is 8.24. The van der Waals surface area contributed by atoms with Gasteiger partial charge in [-0.25, -0.2) is 14.4 Å². The molecule has 3 fully saturated rings. The molecule has 2 aromatic heterocycles. The molecule has 0 spiro atoms. The number of anilines is 2. The van der Waals surface area contributed by atoms with E-state index in [1.54, 1.807) is 12.3 Å². The van der Waals surface area contributed by atoms with Gasteiger partial charge in [0.15, 0.2) is 0 Å². The second kappa shape index (κ2) is 7.70. The van der Waals surface area contributed by atoms with Crippen molar-refractivity contribution in [2.45, 2.75) is 31.0 Å². The van der Waals surface area contributed by atoms with E-state index in [0.29, 0.717) is 35.9 Å². The topological polar surface area (TPSA) is 67.5 Å². The SMILES string of the molecule is Nc1ncc(-c2cc(C3CCN(C4COC4)CC3)cc(N3CC(F)C3)n2)cc1Cl. The minimum Gasteiger partial charge on any atom is -0.382 e. The van der Waals surface area contributed by atoms with Gasteiger partial charge in [0, 0.05) is 11.8 Å². The van der Waals surface area contributed by atoms with Crippen LogP contribution in [0.4, 0.5) is 16.0 Å². The fraction of sp³-hybridized carbons (Fsp3) is 0.524. The maximum Gasteiger partial charge on any atom is 0.142 e. The van der Waals surface area contributed by atoms with Crippen LogP contribution in [-0.2, 0) is 4.74 Å². The van der Waals surface area contributed by atoms with E-state index in [-0.39, 0.29) is 0 Å². The van der Waals surface area contributed by atoms with Crippen molar-refractivity contribution in [3.8, 4) is 11.3 Å². The summed E-state index contributed by atoms with van der Waals surface area (Å²) in [6.45, 7) is 4.68. The van der Waals surface area contributed by atoms with Crippen LogP contribution in [0.15, 0.2) is 24.4 Å². The maximum absolute atomic E-state index is 13.5. The molecule has 0 amide bonds. The van der Waals surface area contributed by atoms with E-state index in [1.807, 2.05) is 4.90 Å². The highest BCUT2D eigenvalue weighted by atomic mass is 35.5. The summed E-state index contributed by atoms with van der Waals surface area (Å²) in [7, 11) is 0. The number of nitrogen functional groups attached to an aromatic ring is 1. The second-order valence-corrected chi connectivity index (χ2v) is 8.65. The molecule has 2 N–H and O–H groups in total. The number of likely N-dealkylation sites (tertiary alicyclic amines) is 1. The molecule has 29 heavy (non-hydrogen) atoms.